The monoisotopic (exact) mass is 634 g/mol. The van der Waals surface area contributed by atoms with Crippen molar-refractivity contribution in [3.05, 3.63) is 77.4 Å². The first kappa shape index (κ1) is 33.5. The van der Waals surface area contributed by atoms with Gasteiger partial charge in [-0.1, -0.05) is 75.8 Å². The van der Waals surface area contributed by atoms with Crippen molar-refractivity contribution < 1.29 is 32.9 Å². The molecule has 2 aliphatic heterocycles. The number of methoxy groups -OCH3 is 1. The molecule has 1 saturated carbocycles. The summed E-state index contributed by atoms with van der Waals surface area (Å²) in [6, 6.07) is 13.6. The zero-order chi connectivity index (χ0) is 32.1. The fourth-order valence-corrected chi connectivity index (χ4v) is 6.85. The van der Waals surface area contributed by atoms with Crippen LogP contribution in [-0.4, -0.2) is 52.1 Å². The number of hydrogen-bond acceptors (Lipinski definition) is 7. The highest BCUT2D eigenvalue weighted by molar-refractivity contribution is 6.74. The molecule has 3 atom stereocenters. The maximum Gasteiger partial charge on any atom is 0.342 e. The number of ether oxygens (including phenoxy) is 5. The van der Waals surface area contributed by atoms with Crippen LogP contribution in [0.2, 0.25) is 18.1 Å². The third kappa shape index (κ3) is 8.28. The molecular formula is C37H50O7Si. The lowest BCUT2D eigenvalue weighted by atomic mass is 9.94. The van der Waals surface area contributed by atoms with E-state index in [0.717, 1.165) is 42.6 Å². The number of carbonyl (C=O) groups is 1. The van der Waals surface area contributed by atoms with Gasteiger partial charge in [0.15, 0.2) is 5.79 Å². The average Bonchev–Trinajstić information content (AvgIpc) is 3.33. The molecular weight excluding hydrogens is 584 g/mol. The van der Waals surface area contributed by atoms with Gasteiger partial charge in [-0.2, -0.15) is 0 Å². The van der Waals surface area contributed by atoms with Gasteiger partial charge >= 0.3 is 5.97 Å². The van der Waals surface area contributed by atoms with Gasteiger partial charge in [0.2, 0.25) is 0 Å². The van der Waals surface area contributed by atoms with Crippen molar-refractivity contribution in [2.24, 2.45) is 0 Å². The van der Waals surface area contributed by atoms with E-state index in [0.29, 0.717) is 37.4 Å². The predicted molar refractivity (Wildman–Crippen MR) is 179 cm³/mol. The van der Waals surface area contributed by atoms with E-state index in [9.17, 15) is 4.79 Å². The minimum absolute atomic E-state index is 0.0357. The first-order valence-electron chi connectivity index (χ1n) is 16.4. The summed E-state index contributed by atoms with van der Waals surface area (Å²) in [7, 11) is -0.595. The molecule has 45 heavy (non-hydrogen) atoms. The highest BCUT2D eigenvalue weighted by Crippen LogP contribution is 2.42. The molecule has 244 valence electrons. The number of fused-ring (bicyclic) bond motifs is 2. The van der Waals surface area contributed by atoms with E-state index in [1.165, 1.54) is 6.42 Å². The molecule has 0 aromatic heterocycles. The Kier molecular flexibility index (Phi) is 10.6. The molecule has 2 fully saturated rings. The summed E-state index contributed by atoms with van der Waals surface area (Å²) >= 11 is 0. The largest absolute Gasteiger partial charge is 0.543 e. The quantitative estimate of drug-likeness (QED) is 0.125. The molecule has 3 aliphatic rings. The summed E-state index contributed by atoms with van der Waals surface area (Å²) in [5.74, 6) is 0.451. The van der Waals surface area contributed by atoms with Crippen LogP contribution in [0.5, 0.6) is 11.5 Å². The second-order valence-corrected chi connectivity index (χ2v) is 18.7. The van der Waals surface area contributed by atoms with E-state index < -0.39 is 14.1 Å². The summed E-state index contributed by atoms with van der Waals surface area (Å²) in [6.07, 6.45) is 13.6. The van der Waals surface area contributed by atoms with Crippen LogP contribution in [0.25, 0.3) is 6.08 Å². The lowest BCUT2D eigenvalue weighted by molar-refractivity contribution is -0.187. The normalized spacial score (nSPS) is 24.8. The van der Waals surface area contributed by atoms with Crippen molar-refractivity contribution in [2.45, 2.75) is 115 Å². The zero-order valence-electron chi connectivity index (χ0n) is 27.8. The number of benzene rings is 2. The highest BCUT2D eigenvalue weighted by Gasteiger charge is 2.46. The van der Waals surface area contributed by atoms with Gasteiger partial charge in [0.05, 0.1) is 20.3 Å². The Morgan fingerprint density at radius 2 is 1.67 bits per heavy atom. The molecule has 5 rings (SSSR count). The van der Waals surface area contributed by atoms with Gasteiger partial charge in [-0.3, -0.25) is 0 Å². The lowest BCUT2D eigenvalue weighted by Gasteiger charge is -2.37. The molecule has 0 N–H and O–H groups in total. The standard InChI is InChI=1S/C37H50O7Si/c1-36(2,3)45(5,6)44-33-15-10-12-28-18-21-32-31(42-37(43-32)23-8-7-9-24-37)14-11-13-30(41-35(38)34(28)33)22-25-40-26-27-16-19-29(39-4)20-17-27/h10-12,14-21,30-32H,7-9,13,22-26H2,1-6H3/b14-11-,21-18+/t30-,31+,32+/m1/s1. The fourth-order valence-electron chi connectivity index (χ4n) is 5.82. The van der Waals surface area contributed by atoms with Gasteiger partial charge in [-0.05, 0) is 60.3 Å². The Bertz CT molecular complexity index is 1350. The van der Waals surface area contributed by atoms with Gasteiger partial charge in [-0.15, -0.1) is 0 Å². The molecule has 2 heterocycles. The molecule has 8 heteroatoms. The molecule has 2 aromatic carbocycles. The Labute approximate surface area is 270 Å². The molecule has 7 nitrogen and oxygen atoms in total. The summed E-state index contributed by atoms with van der Waals surface area (Å²) < 4.78 is 37.5. The van der Waals surface area contributed by atoms with Crippen molar-refractivity contribution >= 4 is 20.4 Å². The lowest BCUT2D eigenvalue weighted by Crippen LogP contribution is -2.44. The first-order chi connectivity index (χ1) is 21.5. The third-order valence-electron chi connectivity index (χ3n) is 9.55. The second-order valence-electron chi connectivity index (χ2n) is 14.0. The second kappa shape index (κ2) is 14.2. The summed E-state index contributed by atoms with van der Waals surface area (Å²) in [5.41, 5.74) is 2.26. The molecule has 1 saturated heterocycles. The third-order valence-corrected chi connectivity index (χ3v) is 13.9. The molecule has 0 unspecified atom stereocenters. The molecule has 0 bridgehead atoms. The molecule has 0 radical (unpaired) electrons. The summed E-state index contributed by atoms with van der Waals surface area (Å²) in [6.45, 7) is 11.9. The number of carbonyl (C=O) groups excluding carboxylic acids is 1. The van der Waals surface area contributed by atoms with Crippen LogP contribution in [-0.2, 0) is 25.6 Å². The van der Waals surface area contributed by atoms with E-state index in [-0.39, 0.29) is 29.3 Å². The van der Waals surface area contributed by atoms with E-state index in [4.69, 9.17) is 28.1 Å². The maximum atomic E-state index is 14.0. The van der Waals surface area contributed by atoms with Gasteiger partial charge < -0.3 is 28.1 Å². The Morgan fingerprint density at radius 3 is 2.36 bits per heavy atom. The first-order valence-corrected chi connectivity index (χ1v) is 19.3. The van der Waals surface area contributed by atoms with Crippen molar-refractivity contribution in [2.75, 3.05) is 13.7 Å². The topological polar surface area (TPSA) is 72.5 Å². The van der Waals surface area contributed by atoms with Crippen molar-refractivity contribution in [1.29, 1.82) is 0 Å². The van der Waals surface area contributed by atoms with Crippen LogP contribution in [0.15, 0.2) is 60.7 Å². The van der Waals surface area contributed by atoms with Gasteiger partial charge in [0.1, 0.15) is 35.4 Å². The molecule has 1 aliphatic carbocycles. The Balaban J connectivity index is 1.40. The molecule has 2 aromatic rings. The highest BCUT2D eigenvalue weighted by atomic mass is 28.4. The van der Waals surface area contributed by atoms with E-state index in [1.54, 1.807) is 7.11 Å². The van der Waals surface area contributed by atoms with Crippen LogP contribution in [0.3, 0.4) is 0 Å². The van der Waals surface area contributed by atoms with E-state index in [1.807, 2.05) is 54.6 Å². The van der Waals surface area contributed by atoms with Crippen LogP contribution >= 0.6 is 0 Å². The van der Waals surface area contributed by atoms with Gasteiger partial charge in [-0.25, -0.2) is 4.79 Å². The van der Waals surface area contributed by atoms with Crippen molar-refractivity contribution in [3.63, 3.8) is 0 Å². The Morgan fingerprint density at radius 1 is 0.956 bits per heavy atom. The fraction of sp³-hybridized carbons (Fsp3) is 0.541. The van der Waals surface area contributed by atoms with Crippen molar-refractivity contribution in [3.8, 4) is 11.5 Å². The SMILES string of the molecule is COc1ccc(COCC[C@H]2C/C=C\[C@@H]3OC4(CCCCC4)O[C@H]3/C=C/c3cccc(O[Si](C)(C)C(C)(C)C)c3C(=O)O2)cc1. The van der Waals surface area contributed by atoms with Crippen LogP contribution in [0, 0.1) is 0 Å². The van der Waals surface area contributed by atoms with E-state index in [2.05, 4.69) is 46.0 Å². The van der Waals surface area contributed by atoms with Gasteiger partial charge in [0.25, 0.3) is 8.32 Å². The minimum Gasteiger partial charge on any atom is -0.543 e. The smallest absolute Gasteiger partial charge is 0.342 e. The van der Waals surface area contributed by atoms with Crippen LogP contribution < -0.4 is 9.16 Å². The number of esters is 1. The molecule has 1 spiro atoms. The number of rotatable bonds is 8. The van der Waals surface area contributed by atoms with Gasteiger partial charge in [0, 0.05) is 25.7 Å². The minimum atomic E-state index is -2.25. The number of cyclic esters (lactones) is 1. The average molecular weight is 635 g/mol. The Hall–Kier alpha value is -2.91. The van der Waals surface area contributed by atoms with E-state index >= 15 is 0 Å². The summed E-state index contributed by atoms with van der Waals surface area (Å²) in [4.78, 5) is 14.0. The van der Waals surface area contributed by atoms with Crippen LogP contribution in [0.1, 0.15) is 87.2 Å². The maximum absolute atomic E-state index is 14.0. The summed E-state index contributed by atoms with van der Waals surface area (Å²) in [5, 5.41) is -0.0357. The van der Waals surface area contributed by atoms with Crippen molar-refractivity contribution in [1.82, 2.24) is 0 Å². The zero-order valence-corrected chi connectivity index (χ0v) is 28.8. The predicted octanol–water partition coefficient (Wildman–Crippen LogP) is 8.63. The number of hydrogen-bond donors (Lipinski definition) is 0. The molecule has 0 amide bonds. The van der Waals surface area contributed by atoms with Crippen LogP contribution in [0.4, 0.5) is 0 Å².